The first-order valence-electron chi connectivity index (χ1n) is 7.22. The van der Waals surface area contributed by atoms with Crippen molar-refractivity contribution in [2.45, 2.75) is 57.0 Å². The van der Waals surface area contributed by atoms with E-state index in [1.54, 1.807) is 6.92 Å². The third-order valence-corrected chi connectivity index (χ3v) is 4.90. The van der Waals surface area contributed by atoms with Gasteiger partial charge >= 0.3 is 0 Å². The quantitative estimate of drug-likeness (QED) is 0.892. The smallest absolute Gasteiger partial charge is 0.234 e. The first kappa shape index (κ1) is 13.9. The van der Waals surface area contributed by atoms with Crippen LogP contribution >= 0.6 is 11.3 Å². The van der Waals surface area contributed by atoms with Gasteiger partial charge in [-0.2, -0.15) is 9.61 Å². The molecule has 3 rings (SSSR count). The van der Waals surface area contributed by atoms with Crippen LogP contribution in [0.3, 0.4) is 0 Å². The standard InChI is InChI=1S/C13H21N5OS/c1-13(19,8-14)7-10-17-18-11(15-16-12(18)20-10)9-5-3-2-4-6-9/h9,19H,2-8,14H2,1H3. The maximum Gasteiger partial charge on any atom is 0.234 e. The molecule has 0 spiro atoms. The molecule has 2 aromatic heterocycles. The van der Waals surface area contributed by atoms with E-state index < -0.39 is 5.60 Å². The van der Waals surface area contributed by atoms with E-state index in [4.69, 9.17) is 5.73 Å². The number of rotatable bonds is 4. The Morgan fingerprint density at radius 2 is 2.10 bits per heavy atom. The molecule has 7 heteroatoms. The number of hydrogen-bond donors (Lipinski definition) is 2. The summed E-state index contributed by atoms with van der Waals surface area (Å²) in [5, 5.41) is 24.0. The van der Waals surface area contributed by atoms with Crippen molar-refractivity contribution in [3.05, 3.63) is 10.8 Å². The van der Waals surface area contributed by atoms with Gasteiger partial charge < -0.3 is 10.8 Å². The van der Waals surface area contributed by atoms with Crippen molar-refractivity contribution in [3.8, 4) is 0 Å². The minimum atomic E-state index is -0.908. The molecule has 20 heavy (non-hydrogen) atoms. The Hall–Kier alpha value is -1.05. The van der Waals surface area contributed by atoms with Gasteiger partial charge in [0, 0.05) is 18.9 Å². The second-order valence-electron chi connectivity index (χ2n) is 5.96. The predicted octanol–water partition coefficient (Wildman–Crippen LogP) is 1.49. The van der Waals surface area contributed by atoms with Crippen molar-refractivity contribution in [1.82, 2.24) is 19.8 Å². The zero-order valence-corrected chi connectivity index (χ0v) is 12.6. The second kappa shape index (κ2) is 5.38. The van der Waals surface area contributed by atoms with Crippen LogP contribution in [-0.4, -0.2) is 37.1 Å². The summed E-state index contributed by atoms with van der Waals surface area (Å²) in [7, 11) is 0. The van der Waals surface area contributed by atoms with E-state index in [0.29, 0.717) is 12.3 Å². The number of aliphatic hydroxyl groups is 1. The fraction of sp³-hybridized carbons (Fsp3) is 0.769. The summed E-state index contributed by atoms with van der Waals surface area (Å²) in [6.07, 6.45) is 6.65. The molecule has 0 radical (unpaired) electrons. The highest BCUT2D eigenvalue weighted by Gasteiger charge is 2.25. The van der Waals surface area contributed by atoms with E-state index in [1.165, 1.54) is 43.4 Å². The summed E-state index contributed by atoms with van der Waals surface area (Å²) >= 11 is 1.49. The van der Waals surface area contributed by atoms with E-state index in [1.807, 2.05) is 4.52 Å². The van der Waals surface area contributed by atoms with Crippen LogP contribution in [0.2, 0.25) is 0 Å². The van der Waals surface area contributed by atoms with Gasteiger partial charge in [0.1, 0.15) is 5.01 Å². The van der Waals surface area contributed by atoms with Crippen molar-refractivity contribution >= 4 is 16.3 Å². The highest BCUT2D eigenvalue weighted by Crippen LogP contribution is 2.32. The second-order valence-corrected chi connectivity index (χ2v) is 7.00. The fourth-order valence-electron chi connectivity index (χ4n) is 2.76. The van der Waals surface area contributed by atoms with Crippen LogP contribution in [-0.2, 0) is 6.42 Å². The molecule has 1 unspecified atom stereocenters. The highest BCUT2D eigenvalue weighted by molar-refractivity contribution is 7.16. The molecule has 0 amide bonds. The third-order valence-electron chi connectivity index (χ3n) is 4.00. The molecule has 2 aromatic rings. The zero-order valence-electron chi connectivity index (χ0n) is 11.7. The Kier molecular flexibility index (Phi) is 3.74. The molecule has 1 aliphatic carbocycles. The molecule has 2 heterocycles. The third kappa shape index (κ3) is 2.70. The van der Waals surface area contributed by atoms with Crippen LogP contribution < -0.4 is 5.73 Å². The maximum absolute atomic E-state index is 10.1. The van der Waals surface area contributed by atoms with Crippen LogP contribution in [0.1, 0.15) is 55.8 Å². The van der Waals surface area contributed by atoms with E-state index >= 15 is 0 Å². The van der Waals surface area contributed by atoms with Crippen LogP contribution in [0, 0.1) is 0 Å². The summed E-state index contributed by atoms with van der Waals surface area (Å²) in [4.78, 5) is 0.813. The average molecular weight is 295 g/mol. The number of aromatic nitrogens is 4. The van der Waals surface area contributed by atoms with Crippen molar-refractivity contribution < 1.29 is 5.11 Å². The van der Waals surface area contributed by atoms with Crippen molar-refractivity contribution in [2.24, 2.45) is 5.73 Å². The molecule has 0 saturated heterocycles. The van der Waals surface area contributed by atoms with E-state index in [9.17, 15) is 5.11 Å². The van der Waals surface area contributed by atoms with Crippen molar-refractivity contribution in [1.29, 1.82) is 0 Å². The minimum absolute atomic E-state index is 0.225. The molecule has 0 bridgehead atoms. The lowest BCUT2D eigenvalue weighted by Crippen LogP contribution is -2.36. The van der Waals surface area contributed by atoms with Gasteiger partial charge in [0.25, 0.3) is 0 Å². The Bertz CT molecular complexity index is 585. The van der Waals surface area contributed by atoms with E-state index in [0.717, 1.165) is 15.8 Å². The lowest BCUT2D eigenvalue weighted by Gasteiger charge is -2.19. The average Bonchev–Trinajstić information content (AvgIpc) is 2.99. The minimum Gasteiger partial charge on any atom is -0.388 e. The molecule has 1 fully saturated rings. The Morgan fingerprint density at radius 3 is 2.80 bits per heavy atom. The lowest BCUT2D eigenvalue weighted by atomic mass is 9.89. The van der Waals surface area contributed by atoms with Gasteiger partial charge in [-0.25, -0.2) is 0 Å². The van der Waals surface area contributed by atoms with Gasteiger partial charge in [0.2, 0.25) is 4.96 Å². The topological polar surface area (TPSA) is 89.3 Å². The van der Waals surface area contributed by atoms with Gasteiger partial charge in [0.15, 0.2) is 5.82 Å². The van der Waals surface area contributed by atoms with Gasteiger partial charge in [-0.3, -0.25) is 0 Å². The molecule has 0 aliphatic heterocycles. The summed E-state index contributed by atoms with van der Waals surface area (Å²) in [6.45, 7) is 1.96. The SMILES string of the molecule is CC(O)(CN)Cc1nn2c(C3CCCCC3)nnc2s1. The maximum atomic E-state index is 10.1. The largest absolute Gasteiger partial charge is 0.388 e. The highest BCUT2D eigenvalue weighted by atomic mass is 32.1. The molecule has 0 aromatic carbocycles. The number of nitrogens with zero attached hydrogens (tertiary/aromatic N) is 4. The van der Waals surface area contributed by atoms with Crippen molar-refractivity contribution in [3.63, 3.8) is 0 Å². The van der Waals surface area contributed by atoms with Gasteiger partial charge in [-0.1, -0.05) is 30.6 Å². The van der Waals surface area contributed by atoms with Crippen LogP contribution in [0.15, 0.2) is 0 Å². The number of hydrogen-bond acceptors (Lipinski definition) is 6. The van der Waals surface area contributed by atoms with Gasteiger partial charge in [0.05, 0.1) is 5.60 Å². The summed E-state index contributed by atoms with van der Waals surface area (Å²) in [5.41, 5.74) is 4.65. The zero-order chi connectivity index (χ0) is 14.2. The van der Waals surface area contributed by atoms with Crippen LogP contribution in [0.5, 0.6) is 0 Å². The van der Waals surface area contributed by atoms with Crippen LogP contribution in [0.4, 0.5) is 0 Å². The first-order valence-corrected chi connectivity index (χ1v) is 8.04. The monoisotopic (exact) mass is 295 g/mol. The Morgan fingerprint density at radius 1 is 1.35 bits per heavy atom. The first-order chi connectivity index (χ1) is 9.59. The Labute approximate surface area is 122 Å². The molecule has 1 atom stereocenters. The number of nitrogens with two attached hydrogens (primary N) is 1. The van der Waals surface area contributed by atoms with Crippen molar-refractivity contribution in [2.75, 3.05) is 6.54 Å². The summed E-state index contributed by atoms with van der Waals surface area (Å²) in [5.74, 6) is 1.46. The Balaban J connectivity index is 1.86. The van der Waals surface area contributed by atoms with Gasteiger partial charge in [-0.15, -0.1) is 10.2 Å². The molecule has 110 valence electrons. The molecule has 1 saturated carbocycles. The van der Waals surface area contributed by atoms with Crippen LogP contribution in [0.25, 0.3) is 4.96 Å². The van der Waals surface area contributed by atoms with E-state index in [2.05, 4.69) is 15.3 Å². The summed E-state index contributed by atoms with van der Waals surface area (Å²) in [6, 6.07) is 0. The molecule has 1 aliphatic rings. The van der Waals surface area contributed by atoms with Gasteiger partial charge in [-0.05, 0) is 19.8 Å². The lowest BCUT2D eigenvalue weighted by molar-refractivity contribution is 0.0693. The molecule has 3 N–H and O–H groups in total. The molecular formula is C13H21N5OS. The number of fused-ring (bicyclic) bond motifs is 1. The summed E-state index contributed by atoms with van der Waals surface area (Å²) < 4.78 is 1.86. The molecule has 6 nitrogen and oxygen atoms in total. The fourth-order valence-corrected chi connectivity index (χ4v) is 3.78. The molecular weight excluding hydrogens is 274 g/mol. The predicted molar refractivity (Wildman–Crippen MR) is 77.9 cm³/mol. The normalized spacial score (nSPS) is 20.4. The van der Waals surface area contributed by atoms with E-state index in [-0.39, 0.29) is 6.54 Å².